The van der Waals surface area contributed by atoms with Crippen molar-refractivity contribution in [1.82, 2.24) is 14.5 Å². The maximum atomic E-state index is 12.6. The first-order chi connectivity index (χ1) is 12.6. The van der Waals surface area contributed by atoms with E-state index in [1.165, 1.54) is 5.56 Å². The number of rotatable bonds is 5. The van der Waals surface area contributed by atoms with Crippen LogP contribution in [-0.2, 0) is 24.2 Å². The van der Waals surface area contributed by atoms with Gasteiger partial charge in [-0.05, 0) is 36.1 Å². The largest absolute Gasteiger partial charge is 0.481 e. The van der Waals surface area contributed by atoms with Crippen LogP contribution in [0.5, 0.6) is 0 Å². The van der Waals surface area contributed by atoms with Crippen molar-refractivity contribution in [2.75, 3.05) is 25.0 Å². The van der Waals surface area contributed by atoms with Crippen molar-refractivity contribution in [3.8, 4) is 0 Å². The van der Waals surface area contributed by atoms with E-state index in [4.69, 9.17) is 10.1 Å². The number of amides is 1. The van der Waals surface area contributed by atoms with Gasteiger partial charge < -0.3 is 19.9 Å². The lowest BCUT2D eigenvalue weighted by molar-refractivity contribution is -0.137. The normalized spacial score (nSPS) is 16.0. The summed E-state index contributed by atoms with van der Waals surface area (Å²) in [4.78, 5) is 29.7. The zero-order valence-corrected chi connectivity index (χ0v) is 14.6. The van der Waals surface area contributed by atoms with Gasteiger partial charge in [0.15, 0.2) is 0 Å². The Kier molecular flexibility index (Phi) is 4.36. The third-order valence-electron chi connectivity index (χ3n) is 5.00. The number of aliphatic carboxylic acids is 1. The Hall–Kier alpha value is -2.83. The zero-order chi connectivity index (χ0) is 18.1. The van der Waals surface area contributed by atoms with E-state index in [0.29, 0.717) is 25.2 Å². The van der Waals surface area contributed by atoms with Gasteiger partial charge in [-0.1, -0.05) is 6.07 Å². The number of nitrogens with one attached hydrogen (secondary N) is 1. The quantitative estimate of drug-likeness (QED) is 0.854. The lowest BCUT2D eigenvalue weighted by atomic mass is 10.1. The highest BCUT2D eigenvalue weighted by molar-refractivity contribution is 5.94. The van der Waals surface area contributed by atoms with Gasteiger partial charge in [0, 0.05) is 44.5 Å². The Labute approximate surface area is 151 Å². The number of carboxylic acids is 1. The molecule has 7 nitrogen and oxygen atoms in total. The number of carboxylic acid groups (broad SMARTS) is 1. The molecule has 4 rings (SSSR count). The van der Waals surface area contributed by atoms with Gasteiger partial charge >= 0.3 is 5.97 Å². The molecule has 0 fully saturated rings. The van der Waals surface area contributed by atoms with Gasteiger partial charge in [-0.15, -0.1) is 0 Å². The lowest BCUT2D eigenvalue weighted by Gasteiger charge is -2.27. The molecule has 0 saturated carbocycles. The van der Waals surface area contributed by atoms with Crippen molar-refractivity contribution in [1.29, 1.82) is 0 Å². The second-order valence-corrected chi connectivity index (χ2v) is 6.88. The van der Waals surface area contributed by atoms with Crippen LogP contribution in [0.4, 0.5) is 5.82 Å². The Morgan fingerprint density at radius 1 is 1.31 bits per heavy atom. The van der Waals surface area contributed by atoms with E-state index < -0.39 is 5.97 Å². The molecule has 2 aromatic rings. The fraction of sp³-hybridized carbons (Fsp3) is 0.421. The molecular weight excluding hydrogens is 332 g/mol. The summed E-state index contributed by atoms with van der Waals surface area (Å²) in [6, 6.07) is 6.10. The second kappa shape index (κ2) is 6.82. The van der Waals surface area contributed by atoms with Crippen LogP contribution in [0, 0.1) is 0 Å². The SMILES string of the molecule is O=C(O)CCN1CCn2cc(Cc3ccc4c(n3)NCCC4)cc2C1=O. The summed E-state index contributed by atoms with van der Waals surface area (Å²) in [5.41, 5.74) is 3.93. The molecule has 0 radical (unpaired) electrons. The Morgan fingerprint density at radius 3 is 3.04 bits per heavy atom. The molecule has 1 amide bonds. The maximum absolute atomic E-state index is 12.6. The summed E-state index contributed by atoms with van der Waals surface area (Å²) >= 11 is 0. The lowest BCUT2D eigenvalue weighted by Crippen LogP contribution is -2.40. The number of hydrogen-bond acceptors (Lipinski definition) is 4. The third kappa shape index (κ3) is 3.29. The van der Waals surface area contributed by atoms with E-state index in [9.17, 15) is 9.59 Å². The van der Waals surface area contributed by atoms with Crippen molar-refractivity contribution in [3.63, 3.8) is 0 Å². The molecule has 2 aromatic heterocycles. The van der Waals surface area contributed by atoms with Crippen LogP contribution in [0.2, 0.25) is 0 Å². The molecule has 7 heteroatoms. The summed E-state index contributed by atoms with van der Waals surface area (Å²) in [5.74, 6) is 0.00370. The molecule has 0 spiro atoms. The number of hydrogen-bond donors (Lipinski definition) is 2. The standard InChI is InChI=1S/C19H22N4O3/c24-17(25)5-7-22-8-9-23-12-13(11-16(23)19(22)26)10-15-4-3-14-2-1-6-20-18(14)21-15/h3-4,11-12H,1-2,5-10H2,(H,20,21)(H,24,25). The number of aromatic nitrogens is 2. The number of fused-ring (bicyclic) bond motifs is 2. The Bertz CT molecular complexity index is 858. The first-order valence-electron chi connectivity index (χ1n) is 9.03. The van der Waals surface area contributed by atoms with E-state index in [2.05, 4.69) is 17.4 Å². The molecule has 0 aliphatic carbocycles. The minimum atomic E-state index is -0.883. The van der Waals surface area contributed by atoms with Gasteiger partial charge in [0.1, 0.15) is 11.5 Å². The molecule has 0 unspecified atom stereocenters. The predicted octanol–water partition coefficient (Wildman–Crippen LogP) is 1.76. The third-order valence-corrected chi connectivity index (χ3v) is 5.00. The van der Waals surface area contributed by atoms with Crippen molar-refractivity contribution in [2.45, 2.75) is 32.2 Å². The Balaban J connectivity index is 1.49. The molecule has 2 aliphatic rings. The fourth-order valence-corrected chi connectivity index (χ4v) is 3.64. The molecule has 0 aromatic carbocycles. The topological polar surface area (TPSA) is 87.5 Å². The van der Waals surface area contributed by atoms with Gasteiger partial charge in [0.2, 0.25) is 0 Å². The average molecular weight is 354 g/mol. The molecule has 0 atom stereocenters. The van der Waals surface area contributed by atoms with Crippen LogP contribution in [0.25, 0.3) is 0 Å². The van der Waals surface area contributed by atoms with Crippen LogP contribution < -0.4 is 5.32 Å². The summed E-state index contributed by atoms with van der Waals surface area (Å²) in [7, 11) is 0. The van der Waals surface area contributed by atoms with E-state index in [1.807, 2.05) is 16.8 Å². The molecular formula is C19H22N4O3. The second-order valence-electron chi connectivity index (χ2n) is 6.88. The number of carbonyl (C=O) groups is 2. The molecule has 26 heavy (non-hydrogen) atoms. The first kappa shape index (κ1) is 16.6. The zero-order valence-electron chi connectivity index (χ0n) is 14.6. The highest BCUT2D eigenvalue weighted by atomic mass is 16.4. The predicted molar refractivity (Wildman–Crippen MR) is 96.4 cm³/mol. The van der Waals surface area contributed by atoms with E-state index in [1.54, 1.807) is 4.90 Å². The summed E-state index contributed by atoms with van der Waals surface area (Å²) in [5, 5.41) is 12.2. The van der Waals surface area contributed by atoms with Crippen LogP contribution in [0.15, 0.2) is 24.4 Å². The van der Waals surface area contributed by atoms with Gasteiger partial charge in [0.25, 0.3) is 5.91 Å². The van der Waals surface area contributed by atoms with Crippen LogP contribution in [0.1, 0.15) is 40.2 Å². The van der Waals surface area contributed by atoms with E-state index in [0.717, 1.165) is 36.5 Å². The summed E-state index contributed by atoms with van der Waals surface area (Å²) < 4.78 is 1.96. The number of aryl methyl sites for hydroxylation is 1. The monoisotopic (exact) mass is 354 g/mol. The Morgan fingerprint density at radius 2 is 2.19 bits per heavy atom. The van der Waals surface area contributed by atoms with Crippen LogP contribution in [0.3, 0.4) is 0 Å². The maximum Gasteiger partial charge on any atom is 0.305 e. The van der Waals surface area contributed by atoms with Crippen molar-refractivity contribution >= 4 is 17.7 Å². The molecule has 2 aliphatic heterocycles. The number of carbonyl (C=O) groups excluding carboxylic acids is 1. The molecule has 136 valence electrons. The van der Waals surface area contributed by atoms with Gasteiger partial charge in [0.05, 0.1) is 6.42 Å². The number of nitrogens with zero attached hydrogens (tertiary/aromatic N) is 3. The summed E-state index contributed by atoms with van der Waals surface area (Å²) in [6.45, 7) is 2.46. The highest BCUT2D eigenvalue weighted by Crippen LogP contribution is 2.22. The minimum absolute atomic E-state index is 0.0225. The van der Waals surface area contributed by atoms with Crippen molar-refractivity contribution < 1.29 is 14.7 Å². The number of pyridine rings is 1. The number of anilines is 1. The first-order valence-corrected chi connectivity index (χ1v) is 9.03. The summed E-state index contributed by atoms with van der Waals surface area (Å²) in [6.07, 6.45) is 4.87. The smallest absolute Gasteiger partial charge is 0.305 e. The van der Waals surface area contributed by atoms with Crippen molar-refractivity contribution in [3.05, 3.63) is 46.9 Å². The average Bonchev–Trinajstić information content (AvgIpc) is 3.04. The molecule has 0 saturated heterocycles. The molecule has 4 heterocycles. The van der Waals surface area contributed by atoms with Crippen molar-refractivity contribution in [2.24, 2.45) is 0 Å². The van der Waals surface area contributed by atoms with Crippen LogP contribution >= 0.6 is 0 Å². The minimum Gasteiger partial charge on any atom is -0.481 e. The van der Waals surface area contributed by atoms with Gasteiger partial charge in [-0.3, -0.25) is 9.59 Å². The van der Waals surface area contributed by atoms with Gasteiger partial charge in [-0.25, -0.2) is 4.98 Å². The fourth-order valence-electron chi connectivity index (χ4n) is 3.64. The molecule has 0 bridgehead atoms. The van der Waals surface area contributed by atoms with Crippen LogP contribution in [-0.4, -0.2) is 51.1 Å². The van der Waals surface area contributed by atoms with E-state index in [-0.39, 0.29) is 18.9 Å². The van der Waals surface area contributed by atoms with E-state index >= 15 is 0 Å². The van der Waals surface area contributed by atoms with Gasteiger partial charge in [-0.2, -0.15) is 0 Å². The molecule has 2 N–H and O–H groups in total. The highest BCUT2D eigenvalue weighted by Gasteiger charge is 2.25.